The second-order valence-corrected chi connectivity index (χ2v) is 2.64. The molecule has 0 N–H and O–H groups in total. The molecule has 0 unspecified atom stereocenters. The van der Waals surface area contributed by atoms with Crippen molar-refractivity contribution in [1.82, 2.24) is 4.90 Å². The molecule has 1 nitrogen and oxygen atoms in total. The topological polar surface area (TPSA) is 3.24 Å². The lowest BCUT2D eigenvalue weighted by Crippen LogP contribution is -2.54. The lowest BCUT2D eigenvalue weighted by molar-refractivity contribution is -0.116. The highest BCUT2D eigenvalue weighted by atomic mass is 19.3. The standard InChI is InChI=1S/C7H11F2N/c1-3-6(2)10-4-7(8,9)5-10/h3H,4-5H2,1-2H3/b6-3+. The minimum atomic E-state index is -2.44. The Kier molecular flexibility index (Phi) is 1.67. The Balaban J connectivity index is 2.40. The molecule has 0 aliphatic carbocycles. The molecule has 0 radical (unpaired) electrons. The Labute approximate surface area is 59.3 Å². The maximum absolute atomic E-state index is 12.2. The van der Waals surface area contributed by atoms with Gasteiger partial charge in [-0.25, -0.2) is 8.78 Å². The van der Waals surface area contributed by atoms with Crippen molar-refractivity contribution in [2.75, 3.05) is 13.1 Å². The number of halogens is 2. The van der Waals surface area contributed by atoms with E-state index in [0.29, 0.717) is 0 Å². The van der Waals surface area contributed by atoms with E-state index >= 15 is 0 Å². The SMILES string of the molecule is C/C=C(\C)N1CC(F)(F)C1. The Morgan fingerprint density at radius 2 is 2.00 bits per heavy atom. The van der Waals surface area contributed by atoms with Gasteiger partial charge >= 0.3 is 0 Å². The van der Waals surface area contributed by atoms with Gasteiger partial charge in [0.1, 0.15) is 0 Å². The third-order valence-electron chi connectivity index (χ3n) is 1.76. The van der Waals surface area contributed by atoms with Crippen molar-refractivity contribution >= 4 is 0 Å². The van der Waals surface area contributed by atoms with Crippen LogP contribution in [0.5, 0.6) is 0 Å². The predicted octanol–water partition coefficient (Wildman–Crippen LogP) is 1.86. The van der Waals surface area contributed by atoms with Crippen molar-refractivity contribution in [2.45, 2.75) is 19.8 Å². The predicted molar refractivity (Wildman–Crippen MR) is 36.0 cm³/mol. The third kappa shape index (κ3) is 1.28. The van der Waals surface area contributed by atoms with Crippen molar-refractivity contribution in [3.05, 3.63) is 11.8 Å². The van der Waals surface area contributed by atoms with Crippen molar-refractivity contribution in [3.63, 3.8) is 0 Å². The van der Waals surface area contributed by atoms with Gasteiger partial charge in [-0.05, 0) is 13.8 Å². The van der Waals surface area contributed by atoms with Gasteiger partial charge in [0, 0.05) is 5.70 Å². The van der Waals surface area contributed by atoms with Crippen LogP contribution < -0.4 is 0 Å². The Bertz CT molecular complexity index is 155. The zero-order valence-corrected chi connectivity index (χ0v) is 6.19. The fourth-order valence-corrected chi connectivity index (χ4v) is 0.944. The molecule has 1 saturated heterocycles. The largest absolute Gasteiger partial charge is 0.363 e. The molecular weight excluding hydrogens is 136 g/mol. The lowest BCUT2D eigenvalue weighted by Gasteiger charge is -2.40. The van der Waals surface area contributed by atoms with E-state index in [0.717, 1.165) is 5.70 Å². The fraction of sp³-hybridized carbons (Fsp3) is 0.714. The van der Waals surface area contributed by atoms with E-state index in [9.17, 15) is 8.78 Å². The minimum absolute atomic E-state index is 0.108. The highest BCUT2D eigenvalue weighted by molar-refractivity contribution is 5.04. The molecule has 0 amide bonds. The number of hydrogen-bond acceptors (Lipinski definition) is 1. The van der Waals surface area contributed by atoms with E-state index in [-0.39, 0.29) is 13.1 Å². The van der Waals surface area contributed by atoms with Crippen LogP contribution in [0, 0.1) is 0 Å². The Morgan fingerprint density at radius 1 is 1.50 bits per heavy atom. The summed E-state index contributed by atoms with van der Waals surface area (Å²) in [4.78, 5) is 1.67. The zero-order valence-electron chi connectivity index (χ0n) is 6.19. The Morgan fingerprint density at radius 3 is 2.30 bits per heavy atom. The molecule has 0 aromatic heterocycles. The average Bonchev–Trinajstić information content (AvgIpc) is 1.81. The summed E-state index contributed by atoms with van der Waals surface area (Å²) < 4.78 is 24.4. The quantitative estimate of drug-likeness (QED) is 0.547. The highest BCUT2D eigenvalue weighted by Gasteiger charge is 2.43. The minimum Gasteiger partial charge on any atom is -0.363 e. The van der Waals surface area contributed by atoms with Gasteiger partial charge in [0.15, 0.2) is 0 Å². The molecule has 0 bridgehead atoms. The summed E-state index contributed by atoms with van der Waals surface area (Å²) in [6.07, 6.45) is 1.84. The van der Waals surface area contributed by atoms with E-state index in [4.69, 9.17) is 0 Å². The summed E-state index contributed by atoms with van der Waals surface area (Å²) >= 11 is 0. The van der Waals surface area contributed by atoms with E-state index in [1.165, 1.54) is 0 Å². The molecule has 1 fully saturated rings. The first-order valence-electron chi connectivity index (χ1n) is 3.31. The highest BCUT2D eigenvalue weighted by Crippen LogP contribution is 2.29. The fourth-order valence-electron chi connectivity index (χ4n) is 0.944. The first kappa shape index (κ1) is 7.51. The van der Waals surface area contributed by atoms with Gasteiger partial charge in [-0.2, -0.15) is 0 Å². The summed E-state index contributed by atoms with van der Waals surface area (Å²) in [7, 11) is 0. The first-order chi connectivity index (χ1) is 4.55. The third-order valence-corrected chi connectivity index (χ3v) is 1.76. The number of nitrogens with zero attached hydrogens (tertiary/aromatic N) is 1. The molecule has 1 rings (SSSR count). The summed E-state index contributed by atoms with van der Waals surface area (Å²) in [5.74, 6) is -2.44. The molecule has 0 atom stereocenters. The van der Waals surface area contributed by atoms with Crippen LogP contribution in [0.2, 0.25) is 0 Å². The number of rotatable bonds is 1. The number of hydrogen-bond donors (Lipinski definition) is 0. The monoisotopic (exact) mass is 147 g/mol. The van der Waals surface area contributed by atoms with Gasteiger partial charge in [-0.15, -0.1) is 0 Å². The second kappa shape index (κ2) is 2.22. The van der Waals surface area contributed by atoms with Crippen LogP contribution in [0.25, 0.3) is 0 Å². The maximum Gasteiger partial charge on any atom is 0.282 e. The molecule has 0 spiro atoms. The maximum atomic E-state index is 12.2. The van der Waals surface area contributed by atoms with Gasteiger partial charge in [0.25, 0.3) is 5.92 Å². The summed E-state index contributed by atoms with van der Waals surface area (Å²) in [5, 5.41) is 0. The molecule has 0 saturated carbocycles. The molecule has 58 valence electrons. The molecule has 3 heteroatoms. The van der Waals surface area contributed by atoms with Gasteiger partial charge in [0.2, 0.25) is 0 Å². The van der Waals surface area contributed by atoms with Crippen LogP contribution in [0.4, 0.5) is 8.78 Å². The van der Waals surface area contributed by atoms with Gasteiger partial charge in [-0.3, -0.25) is 0 Å². The lowest BCUT2D eigenvalue weighted by atomic mass is 10.1. The van der Waals surface area contributed by atoms with Crippen molar-refractivity contribution in [3.8, 4) is 0 Å². The number of alkyl halides is 2. The van der Waals surface area contributed by atoms with Crippen LogP contribution in [0.3, 0.4) is 0 Å². The summed E-state index contributed by atoms with van der Waals surface area (Å²) in [6.45, 7) is 3.48. The normalized spacial score (nSPS) is 24.4. The first-order valence-corrected chi connectivity index (χ1v) is 3.31. The van der Waals surface area contributed by atoms with Gasteiger partial charge < -0.3 is 4.90 Å². The van der Waals surface area contributed by atoms with Gasteiger partial charge in [0.05, 0.1) is 13.1 Å². The van der Waals surface area contributed by atoms with Crippen LogP contribution in [-0.4, -0.2) is 23.9 Å². The smallest absolute Gasteiger partial charge is 0.282 e. The molecule has 1 aliphatic heterocycles. The second-order valence-electron chi connectivity index (χ2n) is 2.64. The van der Waals surface area contributed by atoms with Crippen molar-refractivity contribution < 1.29 is 8.78 Å². The van der Waals surface area contributed by atoms with E-state index in [1.807, 2.05) is 19.9 Å². The average molecular weight is 147 g/mol. The number of allylic oxidation sites excluding steroid dienone is 2. The summed E-state index contributed by atoms with van der Waals surface area (Å²) in [5.41, 5.74) is 0.936. The zero-order chi connectivity index (χ0) is 7.78. The molecule has 0 aromatic rings. The molecule has 1 heterocycles. The van der Waals surface area contributed by atoms with Crippen LogP contribution >= 0.6 is 0 Å². The van der Waals surface area contributed by atoms with E-state index in [1.54, 1.807) is 4.90 Å². The molecule has 0 aromatic carbocycles. The summed E-state index contributed by atoms with van der Waals surface area (Å²) in [6, 6.07) is 0. The van der Waals surface area contributed by atoms with E-state index in [2.05, 4.69) is 0 Å². The number of likely N-dealkylation sites (tertiary alicyclic amines) is 1. The Hall–Kier alpha value is -0.600. The van der Waals surface area contributed by atoms with E-state index < -0.39 is 5.92 Å². The van der Waals surface area contributed by atoms with Crippen molar-refractivity contribution in [1.29, 1.82) is 0 Å². The van der Waals surface area contributed by atoms with Gasteiger partial charge in [-0.1, -0.05) is 6.08 Å². The van der Waals surface area contributed by atoms with Crippen LogP contribution in [-0.2, 0) is 0 Å². The van der Waals surface area contributed by atoms with Crippen molar-refractivity contribution in [2.24, 2.45) is 0 Å². The van der Waals surface area contributed by atoms with Crippen LogP contribution in [0.15, 0.2) is 11.8 Å². The molecule has 1 aliphatic rings. The molecule has 10 heavy (non-hydrogen) atoms. The molecular formula is C7H11F2N. The van der Waals surface area contributed by atoms with Crippen LogP contribution in [0.1, 0.15) is 13.8 Å².